The van der Waals surface area contributed by atoms with Gasteiger partial charge in [0.1, 0.15) is 0 Å². The predicted molar refractivity (Wildman–Crippen MR) is 126 cm³/mol. The summed E-state index contributed by atoms with van der Waals surface area (Å²) in [6.07, 6.45) is -0.608. The van der Waals surface area contributed by atoms with Gasteiger partial charge in [-0.05, 0) is 43.2 Å². The van der Waals surface area contributed by atoms with Crippen LogP contribution in [0, 0.1) is 0 Å². The van der Waals surface area contributed by atoms with E-state index < -0.39 is 24.1 Å². The van der Waals surface area contributed by atoms with Gasteiger partial charge in [0.25, 0.3) is 11.8 Å². The standard InChI is InChI=1S/C26H23F3N4O4/c27-26(28,29)25(36)37-33(18-6-1-2-7-18)24(35)17-5-3-4-15(12-17)21-13-16(8-10-30-21)22-14-19-20(32-22)9-11-31-23(19)34/h3-5,8,10,12-14,18,32H,1-2,6-7,9,11H2,(H,31,34). The minimum absolute atomic E-state index is 0.0681. The summed E-state index contributed by atoms with van der Waals surface area (Å²) in [5.74, 6) is -3.39. The third-order valence-electron chi connectivity index (χ3n) is 6.55. The van der Waals surface area contributed by atoms with Crippen molar-refractivity contribution < 1.29 is 32.4 Å². The Bertz CT molecular complexity index is 1360. The number of hydroxylamine groups is 2. The van der Waals surface area contributed by atoms with Gasteiger partial charge in [-0.1, -0.05) is 25.0 Å². The molecule has 1 aromatic carbocycles. The van der Waals surface area contributed by atoms with Gasteiger partial charge in [-0.15, -0.1) is 0 Å². The van der Waals surface area contributed by atoms with Gasteiger partial charge in [-0.3, -0.25) is 14.6 Å². The number of hydrogen-bond acceptors (Lipinski definition) is 5. The highest BCUT2D eigenvalue weighted by Gasteiger charge is 2.45. The van der Waals surface area contributed by atoms with E-state index in [1.807, 2.05) is 0 Å². The Morgan fingerprint density at radius 2 is 1.84 bits per heavy atom. The largest absolute Gasteiger partial charge is 0.493 e. The second-order valence-electron chi connectivity index (χ2n) is 9.04. The second-order valence-corrected chi connectivity index (χ2v) is 9.04. The number of nitrogens with one attached hydrogen (secondary N) is 2. The molecule has 37 heavy (non-hydrogen) atoms. The number of aromatic nitrogens is 2. The zero-order chi connectivity index (χ0) is 26.2. The van der Waals surface area contributed by atoms with Crippen LogP contribution < -0.4 is 5.32 Å². The van der Waals surface area contributed by atoms with Gasteiger partial charge in [0.15, 0.2) is 0 Å². The minimum Gasteiger partial charge on any atom is -0.358 e. The molecule has 2 aliphatic rings. The van der Waals surface area contributed by atoms with Gasteiger partial charge in [-0.2, -0.15) is 18.2 Å². The van der Waals surface area contributed by atoms with Gasteiger partial charge in [0.2, 0.25) is 0 Å². The van der Waals surface area contributed by atoms with Crippen molar-refractivity contribution in [2.24, 2.45) is 0 Å². The second kappa shape index (κ2) is 9.72. The van der Waals surface area contributed by atoms with Crippen LogP contribution in [0.15, 0.2) is 48.7 Å². The summed E-state index contributed by atoms with van der Waals surface area (Å²) in [5, 5.41) is 3.38. The molecule has 1 saturated carbocycles. The molecule has 2 amide bonds. The van der Waals surface area contributed by atoms with Crippen LogP contribution in [0.2, 0.25) is 0 Å². The fourth-order valence-corrected chi connectivity index (χ4v) is 4.71. The van der Waals surface area contributed by atoms with Gasteiger partial charge in [0, 0.05) is 47.2 Å². The molecule has 8 nitrogen and oxygen atoms in total. The number of carbonyl (C=O) groups excluding carboxylic acids is 3. The average Bonchev–Trinajstić information content (AvgIpc) is 3.57. The molecule has 1 aliphatic heterocycles. The van der Waals surface area contributed by atoms with Gasteiger partial charge in [0.05, 0.1) is 17.3 Å². The number of rotatable bonds is 4. The molecule has 0 atom stereocenters. The van der Waals surface area contributed by atoms with Crippen molar-refractivity contribution in [3.05, 3.63) is 65.5 Å². The first-order valence-electron chi connectivity index (χ1n) is 11.9. The molecule has 0 radical (unpaired) electrons. The zero-order valence-corrected chi connectivity index (χ0v) is 19.6. The first-order chi connectivity index (χ1) is 17.7. The normalized spacial score (nSPS) is 15.7. The lowest BCUT2D eigenvalue weighted by Crippen LogP contribution is -2.43. The number of halogens is 3. The molecule has 2 aromatic heterocycles. The molecule has 1 fully saturated rings. The fourth-order valence-electron chi connectivity index (χ4n) is 4.71. The van der Waals surface area contributed by atoms with Gasteiger partial charge < -0.3 is 15.1 Å². The highest BCUT2D eigenvalue weighted by atomic mass is 19.4. The Kier molecular flexibility index (Phi) is 6.45. The molecule has 0 saturated heterocycles. The molecule has 0 bridgehead atoms. The Morgan fingerprint density at radius 1 is 1.05 bits per heavy atom. The van der Waals surface area contributed by atoms with Crippen LogP contribution in [0.5, 0.6) is 0 Å². The van der Waals surface area contributed by atoms with E-state index in [-0.39, 0.29) is 11.5 Å². The molecule has 11 heteroatoms. The van der Waals surface area contributed by atoms with Gasteiger partial charge >= 0.3 is 12.1 Å². The van der Waals surface area contributed by atoms with Crippen molar-refractivity contribution in [1.82, 2.24) is 20.3 Å². The average molecular weight is 512 g/mol. The number of benzene rings is 1. The maximum absolute atomic E-state index is 13.2. The molecule has 192 valence electrons. The number of nitrogens with zero attached hydrogens (tertiary/aromatic N) is 2. The number of pyridine rings is 1. The molecule has 1 aliphatic carbocycles. The number of alkyl halides is 3. The Morgan fingerprint density at radius 3 is 2.57 bits per heavy atom. The Hall–Kier alpha value is -4.15. The van der Waals surface area contributed by atoms with Crippen LogP contribution in [0.4, 0.5) is 13.2 Å². The summed E-state index contributed by atoms with van der Waals surface area (Å²) >= 11 is 0. The fraction of sp³-hybridized carbons (Fsp3) is 0.308. The molecular formula is C26H23F3N4O4. The summed E-state index contributed by atoms with van der Waals surface area (Å²) in [7, 11) is 0. The van der Waals surface area contributed by atoms with Gasteiger partial charge in [-0.25, -0.2) is 4.79 Å². The van der Waals surface area contributed by atoms with E-state index in [0.717, 1.165) is 29.8 Å². The first kappa shape index (κ1) is 24.5. The number of aromatic amines is 1. The lowest BCUT2D eigenvalue weighted by atomic mass is 10.0. The van der Waals surface area contributed by atoms with E-state index in [2.05, 4.69) is 20.1 Å². The third kappa shape index (κ3) is 5.07. The van der Waals surface area contributed by atoms with Crippen molar-refractivity contribution in [1.29, 1.82) is 0 Å². The maximum Gasteiger partial charge on any atom is 0.493 e. The number of amides is 2. The van der Waals surface area contributed by atoms with E-state index in [1.165, 1.54) is 12.1 Å². The molecule has 0 unspecified atom stereocenters. The minimum atomic E-state index is -5.22. The summed E-state index contributed by atoms with van der Waals surface area (Å²) in [4.78, 5) is 49.1. The zero-order valence-electron chi connectivity index (χ0n) is 19.6. The van der Waals surface area contributed by atoms with Crippen LogP contribution in [-0.4, -0.2) is 51.6 Å². The van der Waals surface area contributed by atoms with E-state index >= 15 is 0 Å². The van der Waals surface area contributed by atoms with E-state index in [9.17, 15) is 27.6 Å². The quantitative estimate of drug-likeness (QED) is 0.503. The highest BCUT2D eigenvalue weighted by molar-refractivity contribution is 5.98. The number of fused-ring (bicyclic) bond motifs is 1. The summed E-state index contributed by atoms with van der Waals surface area (Å²) in [5.41, 5.74) is 4.09. The van der Waals surface area contributed by atoms with Crippen LogP contribution in [0.1, 0.15) is 52.1 Å². The number of carbonyl (C=O) groups is 3. The molecule has 2 N–H and O–H groups in total. The molecular weight excluding hydrogens is 489 g/mol. The van der Waals surface area contributed by atoms with Crippen LogP contribution >= 0.6 is 0 Å². The molecule has 5 rings (SSSR count). The topological polar surface area (TPSA) is 104 Å². The first-order valence-corrected chi connectivity index (χ1v) is 11.9. The lowest BCUT2D eigenvalue weighted by molar-refractivity contribution is -0.233. The van der Waals surface area contributed by atoms with Crippen LogP contribution in [0.3, 0.4) is 0 Å². The van der Waals surface area contributed by atoms with Crippen molar-refractivity contribution >= 4 is 17.8 Å². The highest BCUT2D eigenvalue weighted by Crippen LogP contribution is 2.30. The molecule has 3 aromatic rings. The Balaban J connectivity index is 1.43. The smallest absolute Gasteiger partial charge is 0.358 e. The number of H-pyrrole nitrogens is 1. The lowest BCUT2D eigenvalue weighted by Gasteiger charge is -2.27. The number of hydrogen-bond donors (Lipinski definition) is 2. The summed E-state index contributed by atoms with van der Waals surface area (Å²) in [6, 6.07) is 11.0. The monoisotopic (exact) mass is 512 g/mol. The third-order valence-corrected chi connectivity index (χ3v) is 6.55. The van der Waals surface area contributed by atoms with Crippen LogP contribution in [-0.2, 0) is 16.1 Å². The molecule has 0 spiro atoms. The SMILES string of the molecule is O=C1NCCc2[nH]c(-c3ccnc(-c4cccc(C(=O)N(OC(=O)C(F)(F)F)C5CCCC5)c4)c3)cc21. The van der Waals surface area contributed by atoms with Crippen LogP contribution in [0.25, 0.3) is 22.5 Å². The van der Waals surface area contributed by atoms with Crippen molar-refractivity contribution in [2.75, 3.05) is 6.54 Å². The Labute approximate surface area is 209 Å². The van der Waals surface area contributed by atoms with Crippen molar-refractivity contribution in [2.45, 2.75) is 44.3 Å². The molecule has 3 heterocycles. The van der Waals surface area contributed by atoms with Crippen molar-refractivity contribution in [3.63, 3.8) is 0 Å². The van der Waals surface area contributed by atoms with Crippen molar-refractivity contribution in [3.8, 4) is 22.5 Å². The van der Waals surface area contributed by atoms with E-state index in [1.54, 1.807) is 36.5 Å². The van der Waals surface area contributed by atoms with E-state index in [0.29, 0.717) is 47.7 Å². The predicted octanol–water partition coefficient (Wildman–Crippen LogP) is 4.43. The summed E-state index contributed by atoms with van der Waals surface area (Å²) in [6.45, 7) is 0.560. The van der Waals surface area contributed by atoms with E-state index in [4.69, 9.17) is 0 Å². The maximum atomic E-state index is 13.2. The summed E-state index contributed by atoms with van der Waals surface area (Å²) < 4.78 is 38.6.